The number of benzene rings is 7. The first-order chi connectivity index (χ1) is 23.7. The fourth-order valence-corrected chi connectivity index (χ4v) is 6.08. The van der Waals surface area contributed by atoms with Crippen LogP contribution >= 0.6 is 0 Å². The van der Waals surface area contributed by atoms with E-state index in [4.69, 9.17) is 15.0 Å². The third-order valence-electron chi connectivity index (χ3n) is 8.56. The van der Waals surface area contributed by atoms with Gasteiger partial charge in [-0.3, -0.25) is 0 Å². The molecule has 224 valence electrons. The summed E-state index contributed by atoms with van der Waals surface area (Å²) in [5, 5.41) is 11.7. The summed E-state index contributed by atoms with van der Waals surface area (Å²) >= 11 is 0. The lowest BCUT2D eigenvalue weighted by atomic mass is 9.92. The summed E-state index contributed by atoms with van der Waals surface area (Å²) in [5.74, 6) is 1.92. The molecule has 7 aromatic carbocycles. The Morgan fingerprint density at radius 3 is 1.44 bits per heavy atom. The molecule has 0 saturated heterocycles. The quantitative estimate of drug-likeness (QED) is 0.187. The minimum atomic E-state index is 0.633. The molecule has 1 heterocycles. The number of rotatable bonds is 6. The second-order valence-corrected chi connectivity index (χ2v) is 11.6. The Hall–Kier alpha value is -6.70. The molecular formula is C44H28N4. The van der Waals surface area contributed by atoms with Crippen LogP contribution in [0, 0.1) is 11.3 Å². The predicted molar refractivity (Wildman–Crippen MR) is 195 cm³/mol. The molecule has 4 nitrogen and oxygen atoms in total. The largest absolute Gasteiger partial charge is 0.208 e. The molecule has 4 heteroatoms. The van der Waals surface area contributed by atoms with E-state index in [1.54, 1.807) is 0 Å². The molecule has 0 aliphatic heterocycles. The molecule has 0 N–H and O–H groups in total. The van der Waals surface area contributed by atoms with Gasteiger partial charge in [-0.05, 0) is 68.4 Å². The number of fused-ring (bicyclic) bond motifs is 1. The summed E-state index contributed by atoms with van der Waals surface area (Å²) in [6.45, 7) is 0. The smallest absolute Gasteiger partial charge is 0.164 e. The van der Waals surface area contributed by atoms with Gasteiger partial charge in [-0.1, -0.05) is 146 Å². The zero-order valence-corrected chi connectivity index (χ0v) is 26.0. The normalized spacial score (nSPS) is 10.9. The highest BCUT2D eigenvalue weighted by molar-refractivity contribution is 6.00. The van der Waals surface area contributed by atoms with Crippen LogP contribution < -0.4 is 0 Å². The Balaban J connectivity index is 1.17. The fourth-order valence-electron chi connectivity index (χ4n) is 6.08. The Bertz CT molecular complexity index is 2370. The summed E-state index contributed by atoms with van der Waals surface area (Å²) < 4.78 is 0. The van der Waals surface area contributed by atoms with Gasteiger partial charge in [0.1, 0.15) is 0 Å². The maximum Gasteiger partial charge on any atom is 0.164 e. The minimum Gasteiger partial charge on any atom is -0.208 e. The van der Waals surface area contributed by atoms with Gasteiger partial charge < -0.3 is 0 Å². The van der Waals surface area contributed by atoms with Crippen molar-refractivity contribution in [1.82, 2.24) is 15.0 Å². The maximum absolute atomic E-state index is 9.34. The van der Waals surface area contributed by atoms with Crippen LogP contribution in [0.25, 0.3) is 78.3 Å². The number of nitrogens with zero attached hydrogens (tertiary/aromatic N) is 4. The van der Waals surface area contributed by atoms with Crippen LogP contribution in [0.5, 0.6) is 0 Å². The molecule has 0 atom stereocenters. The molecule has 0 saturated carbocycles. The fraction of sp³-hybridized carbons (Fsp3) is 0. The first-order valence-electron chi connectivity index (χ1n) is 15.8. The van der Waals surface area contributed by atoms with Crippen molar-refractivity contribution in [2.45, 2.75) is 0 Å². The van der Waals surface area contributed by atoms with Crippen LogP contribution in [0.2, 0.25) is 0 Å². The molecule has 0 spiro atoms. The van der Waals surface area contributed by atoms with Crippen LogP contribution in [-0.4, -0.2) is 15.0 Å². The lowest BCUT2D eigenvalue weighted by Crippen LogP contribution is -2.00. The summed E-state index contributed by atoms with van der Waals surface area (Å²) in [7, 11) is 0. The standard InChI is InChI=1S/C44H28N4/c45-29-30-10-9-16-37(26-30)31-18-22-33(23-19-31)41-28-39(27-38-15-7-8-17-40(38)41)32-20-24-36(25-21-32)44-47-42(34-11-3-1-4-12-34)46-43(48-44)35-13-5-2-6-14-35/h1-28H. The summed E-state index contributed by atoms with van der Waals surface area (Å²) in [5.41, 5.74) is 10.1. The zero-order valence-electron chi connectivity index (χ0n) is 26.0. The van der Waals surface area contributed by atoms with Crippen LogP contribution in [0.1, 0.15) is 5.56 Å². The van der Waals surface area contributed by atoms with E-state index in [1.165, 1.54) is 16.3 Å². The average Bonchev–Trinajstić information content (AvgIpc) is 3.18. The van der Waals surface area contributed by atoms with Crippen molar-refractivity contribution in [2.75, 3.05) is 0 Å². The predicted octanol–water partition coefficient (Wildman–Crippen LogP) is 10.9. The molecule has 0 fully saturated rings. The highest BCUT2D eigenvalue weighted by atomic mass is 15.0. The van der Waals surface area contributed by atoms with Crippen molar-refractivity contribution < 1.29 is 0 Å². The van der Waals surface area contributed by atoms with Gasteiger partial charge in [0.05, 0.1) is 11.6 Å². The van der Waals surface area contributed by atoms with E-state index >= 15 is 0 Å². The minimum absolute atomic E-state index is 0.633. The summed E-state index contributed by atoms with van der Waals surface area (Å²) in [6.07, 6.45) is 0. The van der Waals surface area contributed by atoms with Gasteiger partial charge in [0.2, 0.25) is 0 Å². The van der Waals surface area contributed by atoms with Gasteiger partial charge in [0.15, 0.2) is 17.5 Å². The van der Waals surface area contributed by atoms with Gasteiger partial charge in [-0.15, -0.1) is 0 Å². The highest BCUT2D eigenvalue weighted by Crippen LogP contribution is 2.36. The van der Waals surface area contributed by atoms with Crippen molar-refractivity contribution >= 4 is 10.8 Å². The van der Waals surface area contributed by atoms with E-state index in [0.717, 1.165) is 44.5 Å². The SMILES string of the molecule is N#Cc1cccc(-c2ccc(-c3cc(-c4ccc(-c5nc(-c6ccccc6)nc(-c6ccccc6)n5)cc4)cc4ccccc34)cc2)c1. The second kappa shape index (κ2) is 12.6. The van der Waals surface area contributed by atoms with Crippen LogP contribution in [0.4, 0.5) is 0 Å². The van der Waals surface area contributed by atoms with Crippen molar-refractivity contribution in [3.63, 3.8) is 0 Å². The van der Waals surface area contributed by atoms with Crippen molar-refractivity contribution in [2.24, 2.45) is 0 Å². The first kappa shape index (κ1) is 28.8. The Morgan fingerprint density at radius 1 is 0.354 bits per heavy atom. The number of hydrogen-bond donors (Lipinski definition) is 0. The molecule has 0 radical (unpaired) electrons. The van der Waals surface area contributed by atoms with Crippen molar-refractivity contribution in [1.29, 1.82) is 5.26 Å². The van der Waals surface area contributed by atoms with Gasteiger partial charge in [0, 0.05) is 16.7 Å². The first-order valence-corrected chi connectivity index (χ1v) is 15.8. The Morgan fingerprint density at radius 2 is 0.833 bits per heavy atom. The topological polar surface area (TPSA) is 62.5 Å². The molecule has 1 aromatic heterocycles. The molecule has 0 amide bonds. The van der Waals surface area contributed by atoms with E-state index in [2.05, 4.69) is 91.0 Å². The van der Waals surface area contributed by atoms with Crippen LogP contribution in [0.15, 0.2) is 170 Å². The Labute approximate surface area is 279 Å². The molecule has 48 heavy (non-hydrogen) atoms. The zero-order chi connectivity index (χ0) is 32.3. The lowest BCUT2D eigenvalue weighted by molar-refractivity contribution is 1.07. The van der Waals surface area contributed by atoms with E-state index in [0.29, 0.717) is 23.0 Å². The summed E-state index contributed by atoms with van der Waals surface area (Å²) in [6, 6.07) is 60.1. The van der Waals surface area contributed by atoms with Gasteiger partial charge in [-0.2, -0.15) is 5.26 Å². The third kappa shape index (κ3) is 5.73. The highest BCUT2D eigenvalue weighted by Gasteiger charge is 2.13. The second-order valence-electron chi connectivity index (χ2n) is 11.6. The number of hydrogen-bond acceptors (Lipinski definition) is 4. The van der Waals surface area contributed by atoms with Crippen molar-refractivity contribution in [3.05, 3.63) is 175 Å². The molecule has 0 aliphatic rings. The number of aromatic nitrogens is 3. The molecular weight excluding hydrogens is 585 g/mol. The van der Waals surface area contributed by atoms with Crippen LogP contribution in [-0.2, 0) is 0 Å². The van der Waals surface area contributed by atoms with Crippen molar-refractivity contribution in [3.8, 4) is 73.6 Å². The monoisotopic (exact) mass is 612 g/mol. The van der Waals surface area contributed by atoms with E-state index in [9.17, 15) is 5.26 Å². The van der Waals surface area contributed by atoms with E-state index < -0.39 is 0 Å². The summed E-state index contributed by atoms with van der Waals surface area (Å²) in [4.78, 5) is 14.6. The maximum atomic E-state index is 9.34. The molecule has 8 rings (SSSR count). The molecule has 0 aliphatic carbocycles. The van der Waals surface area contributed by atoms with Gasteiger partial charge in [0.25, 0.3) is 0 Å². The molecule has 0 bridgehead atoms. The Kier molecular flexibility index (Phi) is 7.54. The van der Waals surface area contributed by atoms with Gasteiger partial charge in [-0.25, -0.2) is 15.0 Å². The molecule has 8 aromatic rings. The third-order valence-corrected chi connectivity index (χ3v) is 8.56. The van der Waals surface area contributed by atoms with Gasteiger partial charge >= 0.3 is 0 Å². The van der Waals surface area contributed by atoms with E-state index in [1.807, 2.05) is 84.9 Å². The van der Waals surface area contributed by atoms with E-state index in [-0.39, 0.29) is 0 Å². The average molecular weight is 613 g/mol. The number of nitriles is 1. The lowest BCUT2D eigenvalue weighted by Gasteiger charge is -2.13. The molecule has 0 unspecified atom stereocenters. The van der Waals surface area contributed by atoms with Crippen LogP contribution in [0.3, 0.4) is 0 Å².